The Bertz CT molecular complexity index is 4490. The van der Waals surface area contributed by atoms with Crippen LogP contribution in [0.15, 0.2) is 231 Å². The van der Waals surface area contributed by atoms with E-state index in [-0.39, 0.29) is 0 Å². The third-order valence-electron chi connectivity index (χ3n) is 15.2. The Morgan fingerprint density at radius 3 is 1.48 bits per heavy atom. The summed E-state index contributed by atoms with van der Waals surface area (Å²) in [5, 5.41) is 7.15. The second-order valence-corrected chi connectivity index (χ2v) is 18.7. The van der Waals surface area contributed by atoms with Gasteiger partial charge in [0, 0.05) is 55.2 Å². The number of nitrogens with zero attached hydrogens (tertiary/aromatic N) is 6. The quantitative estimate of drug-likeness (QED) is 0.176. The van der Waals surface area contributed by atoms with Crippen molar-refractivity contribution >= 4 is 65.4 Å². The predicted octanol–water partition coefficient (Wildman–Crippen LogP) is 15.3. The standard InChI is InChI=1S/C64H38N6O/c1-7-22-52-42(15-1)43-16-2-8-23-53(43)68(52)41-37-51-63(66-38-41)62-50(21-14-34-65-62)64(51)48-20-6-12-27-58(48)71-59-36-40(30-32-49(59)64)39-31-33-57-47(35-39)46-19-5-11-26-56(46)70(57)61-29-13-28-60(67-61)69-54-24-9-3-17-44(54)45-18-4-10-25-55(45)69/h1-38H. The highest BCUT2D eigenvalue weighted by atomic mass is 16.5. The first-order valence-corrected chi connectivity index (χ1v) is 24.1. The van der Waals surface area contributed by atoms with E-state index in [0.717, 1.165) is 117 Å². The van der Waals surface area contributed by atoms with Gasteiger partial charge in [0.05, 0.1) is 61.8 Å². The number of ether oxygens (including phenoxy) is 1. The molecule has 0 N–H and O–H groups in total. The third kappa shape index (κ3) is 5.13. The first-order chi connectivity index (χ1) is 35.2. The topological polar surface area (TPSA) is 62.7 Å². The van der Waals surface area contributed by atoms with Gasteiger partial charge in [0.2, 0.25) is 0 Å². The molecule has 0 bridgehead atoms. The number of benzene rings is 8. The lowest BCUT2D eigenvalue weighted by atomic mass is 9.66. The Hall–Kier alpha value is -9.59. The van der Waals surface area contributed by atoms with Gasteiger partial charge in [-0.3, -0.25) is 19.1 Å². The van der Waals surface area contributed by atoms with E-state index in [2.05, 4.69) is 226 Å². The van der Waals surface area contributed by atoms with Gasteiger partial charge in [0.15, 0.2) is 0 Å². The van der Waals surface area contributed by atoms with Crippen molar-refractivity contribution in [3.05, 3.63) is 253 Å². The molecule has 7 heterocycles. The van der Waals surface area contributed by atoms with Gasteiger partial charge in [-0.1, -0.05) is 140 Å². The van der Waals surface area contributed by atoms with E-state index in [0.29, 0.717) is 0 Å². The highest BCUT2D eigenvalue weighted by Gasteiger charge is 2.52. The second kappa shape index (κ2) is 14.2. The SMILES string of the molecule is c1cc(-n2c3ccccc3c3ccccc32)nc(-n2c3ccccc3c3cc(-c4ccc5c(c4)Oc4ccccc4C54c5cccnc5-c5ncc(-n6c7ccccc7c7ccccc76)cc54)ccc32)c1. The minimum Gasteiger partial charge on any atom is -0.457 e. The van der Waals surface area contributed by atoms with Crippen LogP contribution in [0, 0.1) is 0 Å². The number of para-hydroxylation sites is 6. The van der Waals surface area contributed by atoms with Crippen LogP contribution in [0.25, 0.3) is 105 Å². The molecule has 0 radical (unpaired) electrons. The summed E-state index contributed by atoms with van der Waals surface area (Å²) < 4.78 is 14.0. The van der Waals surface area contributed by atoms with Crippen molar-refractivity contribution in [1.29, 1.82) is 0 Å². The van der Waals surface area contributed by atoms with Crippen molar-refractivity contribution in [2.75, 3.05) is 0 Å². The molecule has 71 heavy (non-hydrogen) atoms. The number of hydrogen-bond donors (Lipinski definition) is 0. The number of aromatic nitrogens is 6. The number of fused-ring (bicyclic) bond motifs is 18. The molecule has 0 saturated heterocycles. The van der Waals surface area contributed by atoms with Crippen LogP contribution < -0.4 is 4.74 Å². The van der Waals surface area contributed by atoms with Gasteiger partial charge in [-0.25, -0.2) is 4.98 Å². The Kier molecular flexibility index (Phi) is 7.69. The summed E-state index contributed by atoms with van der Waals surface area (Å²) in [5.41, 5.74) is 15.2. The average Bonchev–Trinajstić information content (AvgIpc) is 4.15. The zero-order valence-corrected chi connectivity index (χ0v) is 38.0. The summed E-state index contributed by atoms with van der Waals surface area (Å²) in [5.74, 6) is 3.35. The van der Waals surface area contributed by atoms with Crippen molar-refractivity contribution in [3.63, 3.8) is 0 Å². The van der Waals surface area contributed by atoms with Crippen molar-refractivity contribution in [2.24, 2.45) is 0 Å². The minimum atomic E-state index is -0.748. The van der Waals surface area contributed by atoms with E-state index in [1.807, 2.05) is 18.5 Å². The highest BCUT2D eigenvalue weighted by molar-refractivity contribution is 6.12. The predicted molar refractivity (Wildman–Crippen MR) is 286 cm³/mol. The van der Waals surface area contributed by atoms with E-state index in [4.69, 9.17) is 19.7 Å². The molecule has 2 aliphatic rings. The molecule has 1 atom stereocenters. The average molecular weight is 907 g/mol. The van der Waals surface area contributed by atoms with Crippen molar-refractivity contribution in [3.8, 4) is 51.3 Å². The summed E-state index contributed by atoms with van der Waals surface area (Å²) in [6.45, 7) is 0. The van der Waals surface area contributed by atoms with Gasteiger partial charge in [-0.05, 0) is 95.6 Å². The van der Waals surface area contributed by atoms with Gasteiger partial charge in [-0.15, -0.1) is 0 Å². The first-order valence-electron chi connectivity index (χ1n) is 24.1. The van der Waals surface area contributed by atoms with Crippen molar-refractivity contribution in [2.45, 2.75) is 5.41 Å². The Morgan fingerprint density at radius 2 is 0.831 bits per heavy atom. The Morgan fingerprint density at radius 1 is 0.338 bits per heavy atom. The maximum atomic E-state index is 7.03. The van der Waals surface area contributed by atoms with E-state index >= 15 is 0 Å². The van der Waals surface area contributed by atoms with Gasteiger partial charge >= 0.3 is 0 Å². The van der Waals surface area contributed by atoms with E-state index < -0.39 is 5.41 Å². The van der Waals surface area contributed by atoms with Crippen LogP contribution in [-0.4, -0.2) is 28.7 Å². The Labute approximate surface area is 406 Å². The van der Waals surface area contributed by atoms with Gasteiger partial charge < -0.3 is 9.30 Å². The molecule has 1 unspecified atom stereocenters. The molecular formula is C64H38N6O. The van der Waals surface area contributed by atoms with Crippen LogP contribution in [-0.2, 0) is 5.41 Å². The largest absolute Gasteiger partial charge is 0.457 e. The maximum absolute atomic E-state index is 7.03. The summed E-state index contributed by atoms with van der Waals surface area (Å²) in [7, 11) is 0. The fraction of sp³-hybridized carbons (Fsp3) is 0.0156. The van der Waals surface area contributed by atoms with E-state index in [9.17, 15) is 0 Å². The maximum Gasteiger partial charge on any atom is 0.140 e. The molecule has 8 aromatic carbocycles. The second-order valence-electron chi connectivity index (χ2n) is 18.7. The summed E-state index contributed by atoms with van der Waals surface area (Å²) in [6.07, 6.45) is 3.89. The van der Waals surface area contributed by atoms with Crippen LogP contribution in [0.1, 0.15) is 22.3 Å². The molecule has 330 valence electrons. The number of hydrogen-bond acceptors (Lipinski definition) is 4. The molecule has 14 aromatic rings. The highest BCUT2D eigenvalue weighted by Crippen LogP contribution is 2.62. The van der Waals surface area contributed by atoms with Gasteiger partial charge in [-0.2, -0.15) is 0 Å². The molecule has 0 amide bonds. The molecule has 6 aromatic heterocycles. The zero-order valence-electron chi connectivity index (χ0n) is 38.0. The summed E-state index contributed by atoms with van der Waals surface area (Å²) in [4.78, 5) is 15.8. The van der Waals surface area contributed by atoms with Crippen LogP contribution in [0.4, 0.5) is 0 Å². The van der Waals surface area contributed by atoms with E-state index in [1.54, 1.807) is 0 Å². The third-order valence-corrected chi connectivity index (χ3v) is 15.2. The lowest BCUT2D eigenvalue weighted by molar-refractivity contribution is 0.436. The van der Waals surface area contributed by atoms with E-state index in [1.165, 1.54) is 21.5 Å². The van der Waals surface area contributed by atoms with Crippen molar-refractivity contribution in [1.82, 2.24) is 28.7 Å². The van der Waals surface area contributed by atoms with Crippen LogP contribution >= 0.6 is 0 Å². The Balaban J connectivity index is 0.866. The molecule has 7 nitrogen and oxygen atoms in total. The van der Waals surface area contributed by atoms with Crippen LogP contribution in [0.5, 0.6) is 11.5 Å². The lowest BCUT2D eigenvalue weighted by Crippen LogP contribution is -2.32. The normalized spacial score (nSPS) is 14.6. The summed E-state index contributed by atoms with van der Waals surface area (Å²) >= 11 is 0. The van der Waals surface area contributed by atoms with Gasteiger partial charge in [0.25, 0.3) is 0 Å². The van der Waals surface area contributed by atoms with Crippen molar-refractivity contribution < 1.29 is 4.74 Å². The smallest absolute Gasteiger partial charge is 0.140 e. The van der Waals surface area contributed by atoms with Gasteiger partial charge in [0.1, 0.15) is 23.1 Å². The monoisotopic (exact) mass is 906 g/mol. The fourth-order valence-electron chi connectivity index (χ4n) is 12.3. The first kappa shape index (κ1) is 38.4. The van der Waals surface area contributed by atoms with Crippen LogP contribution in [0.3, 0.4) is 0 Å². The fourth-order valence-corrected chi connectivity index (χ4v) is 12.3. The molecule has 0 fully saturated rings. The molecule has 1 aliphatic carbocycles. The molecule has 7 heteroatoms. The minimum absolute atomic E-state index is 0.748. The van der Waals surface area contributed by atoms with Crippen LogP contribution in [0.2, 0.25) is 0 Å². The number of rotatable bonds is 4. The molecular weight excluding hydrogens is 869 g/mol. The summed E-state index contributed by atoms with van der Waals surface area (Å²) in [6, 6.07) is 78.1. The number of pyridine rings is 3. The molecule has 1 aliphatic heterocycles. The zero-order chi connectivity index (χ0) is 46.4. The molecule has 1 spiro atoms. The lowest BCUT2D eigenvalue weighted by Gasteiger charge is -2.39. The molecule has 0 saturated carbocycles. The molecule has 16 rings (SSSR count).